The van der Waals surface area contributed by atoms with Crippen LogP contribution in [0.3, 0.4) is 0 Å². The molecule has 9 aromatic heterocycles. The predicted molar refractivity (Wildman–Crippen MR) is 408 cm³/mol. The largest absolute Gasteiger partial charge is 0.372 e. The van der Waals surface area contributed by atoms with Crippen LogP contribution in [-0.4, -0.2) is 184 Å². The van der Waals surface area contributed by atoms with Gasteiger partial charge in [-0.1, -0.05) is 43.3 Å². The Balaban J connectivity index is 0.717. The van der Waals surface area contributed by atoms with E-state index in [1.807, 2.05) is 18.6 Å². The van der Waals surface area contributed by atoms with Crippen LogP contribution in [-0.2, 0) is 24.4 Å². The normalized spacial score (nSPS) is 23.2. The molecule has 6 atom stereocenters. The zero-order valence-electron chi connectivity index (χ0n) is 60.7. The zero-order chi connectivity index (χ0) is 69.0. The van der Waals surface area contributed by atoms with Gasteiger partial charge in [0.15, 0.2) is 0 Å². The molecule has 0 bridgehead atoms. The number of likely N-dealkylation sites (tertiary alicyclic amines) is 3. The summed E-state index contributed by atoms with van der Waals surface area (Å²) in [6.07, 6.45) is 15.7. The number of anilines is 3. The maximum Gasteiger partial charge on any atom is 0.144 e. The highest BCUT2D eigenvalue weighted by Crippen LogP contribution is 2.48. The second-order valence-corrected chi connectivity index (χ2v) is 31.6. The molecule has 0 saturated carbocycles. The highest BCUT2D eigenvalue weighted by Gasteiger charge is 2.42. The number of piperidine rings is 3. The van der Waals surface area contributed by atoms with E-state index in [1.54, 1.807) is 0 Å². The lowest BCUT2D eigenvalue weighted by atomic mass is 9.89. The van der Waals surface area contributed by atoms with Crippen LogP contribution < -0.4 is 14.7 Å². The van der Waals surface area contributed by atoms with Crippen molar-refractivity contribution in [3.63, 3.8) is 0 Å². The predicted octanol–water partition coefficient (Wildman–Crippen LogP) is 14.4. The number of rotatable bonds is 18. The first-order valence-electron chi connectivity index (χ1n) is 37.5. The summed E-state index contributed by atoms with van der Waals surface area (Å²) in [6.45, 7) is 32.2. The molecule has 0 aliphatic carbocycles. The molecule has 15 rings (SSSR count). The number of halogens is 2. The van der Waals surface area contributed by atoms with Crippen molar-refractivity contribution in [3.05, 3.63) is 174 Å². The van der Waals surface area contributed by atoms with Crippen molar-refractivity contribution in [3.8, 4) is 0 Å². The van der Waals surface area contributed by atoms with Gasteiger partial charge in [0.25, 0.3) is 0 Å². The molecule has 9 aromatic rings. The van der Waals surface area contributed by atoms with E-state index in [0.717, 1.165) is 199 Å². The second kappa shape index (κ2) is 29.8. The van der Waals surface area contributed by atoms with Crippen molar-refractivity contribution >= 4 is 66.3 Å². The molecule has 15 heterocycles. The molecule has 0 amide bonds. The first kappa shape index (κ1) is 69.3. The van der Waals surface area contributed by atoms with Gasteiger partial charge in [0.05, 0.1) is 88.8 Å². The van der Waals surface area contributed by atoms with E-state index >= 15 is 0 Å². The van der Waals surface area contributed by atoms with Gasteiger partial charge in [-0.2, -0.15) is 0 Å². The number of pyridine rings is 6. The summed E-state index contributed by atoms with van der Waals surface area (Å²) < 4.78 is 16.2. The number of piperazine rings is 3. The minimum atomic E-state index is 0.0766. The van der Waals surface area contributed by atoms with Crippen LogP contribution >= 0.6 is 31.9 Å². The fourth-order valence-corrected chi connectivity index (χ4v) is 19.5. The average molecular weight is 1480 g/mol. The Morgan fingerprint density at radius 3 is 1.44 bits per heavy atom. The molecule has 19 nitrogen and oxygen atoms in total. The topological polar surface area (TPSA) is 129 Å². The van der Waals surface area contributed by atoms with Gasteiger partial charge in [-0.25, -0.2) is 15.0 Å². The lowest BCUT2D eigenvalue weighted by Gasteiger charge is -2.44. The Hall–Kier alpha value is -6.40. The van der Waals surface area contributed by atoms with Gasteiger partial charge in [0, 0.05) is 127 Å². The van der Waals surface area contributed by atoms with E-state index in [2.05, 4.69) is 238 Å². The molecule has 6 aliphatic heterocycles. The Kier molecular flexibility index (Phi) is 20.6. The summed E-state index contributed by atoms with van der Waals surface area (Å²) >= 11 is 8.58. The maximum atomic E-state index is 6.67. The minimum absolute atomic E-state index is 0.0766. The molecule has 6 saturated heterocycles. The van der Waals surface area contributed by atoms with E-state index < -0.39 is 0 Å². The van der Waals surface area contributed by atoms with Crippen molar-refractivity contribution in [1.29, 1.82) is 0 Å². The second-order valence-electron chi connectivity index (χ2n) is 30.1. The Bertz CT molecular complexity index is 4350. The van der Waals surface area contributed by atoms with Crippen molar-refractivity contribution in [2.45, 2.75) is 181 Å². The zero-order valence-corrected chi connectivity index (χ0v) is 63.9. The number of ether oxygens (including phenoxy) is 1. The Morgan fingerprint density at radius 2 is 0.900 bits per heavy atom. The summed E-state index contributed by atoms with van der Waals surface area (Å²) in [5, 5.41) is 0. The van der Waals surface area contributed by atoms with Crippen LogP contribution in [0.5, 0.6) is 0 Å². The molecule has 0 unspecified atom stereocenters. The fourth-order valence-electron chi connectivity index (χ4n) is 18.0. The monoisotopic (exact) mass is 1480 g/mol. The molecule has 21 heteroatoms. The molecule has 6 aliphatic rings. The number of hydrogen-bond acceptors (Lipinski definition) is 16. The van der Waals surface area contributed by atoms with E-state index in [0.29, 0.717) is 6.61 Å². The molecular weight excluding hydrogens is 1380 g/mol. The van der Waals surface area contributed by atoms with Gasteiger partial charge < -0.3 is 24.3 Å². The lowest BCUT2D eigenvalue weighted by molar-refractivity contribution is 0.0449. The molecule has 6 fully saturated rings. The van der Waals surface area contributed by atoms with Crippen molar-refractivity contribution in [1.82, 2.24) is 72.5 Å². The van der Waals surface area contributed by atoms with Crippen LogP contribution in [0.4, 0.5) is 17.5 Å². The number of likely N-dealkylation sites (N-methyl/N-ethyl adjacent to an activating group) is 1. The van der Waals surface area contributed by atoms with Gasteiger partial charge in [-0.15, -0.1) is 0 Å². The van der Waals surface area contributed by atoms with Gasteiger partial charge in [-0.05, 0) is 218 Å². The van der Waals surface area contributed by atoms with E-state index in [1.165, 1.54) is 68.0 Å². The number of aromatic nitrogens is 9. The number of fused-ring (bicyclic) bond motifs is 3. The van der Waals surface area contributed by atoms with E-state index in [4.69, 9.17) is 34.6 Å². The van der Waals surface area contributed by atoms with Crippen molar-refractivity contribution < 1.29 is 4.74 Å². The maximum absolute atomic E-state index is 6.67. The Morgan fingerprint density at radius 1 is 0.460 bits per heavy atom. The molecule has 0 radical (unpaired) electrons. The summed E-state index contributed by atoms with van der Waals surface area (Å²) in [4.78, 5) is 55.6. The summed E-state index contributed by atoms with van der Waals surface area (Å²) in [6, 6.07) is 30.5. The van der Waals surface area contributed by atoms with Crippen LogP contribution in [0.1, 0.15) is 196 Å². The number of hydrogen-bond donors (Lipinski definition) is 0. The van der Waals surface area contributed by atoms with Gasteiger partial charge in [0.2, 0.25) is 0 Å². The molecule has 0 spiro atoms. The third-order valence-electron chi connectivity index (χ3n) is 23.3. The van der Waals surface area contributed by atoms with Crippen molar-refractivity contribution in [2.24, 2.45) is 0 Å². The fraction of sp³-hybridized carbons (Fsp3) is 0.544. The number of imidazole rings is 3. The molecule has 0 aromatic carbocycles. The quantitative estimate of drug-likeness (QED) is 0.0807. The van der Waals surface area contributed by atoms with E-state index in [-0.39, 0.29) is 48.4 Å². The first-order valence-corrected chi connectivity index (χ1v) is 39.1. The smallest absolute Gasteiger partial charge is 0.144 e. The molecule has 100 heavy (non-hydrogen) atoms. The third-order valence-corrected chi connectivity index (χ3v) is 24.8. The van der Waals surface area contributed by atoms with Gasteiger partial charge >= 0.3 is 0 Å². The van der Waals surface area contributed by atoms with Gasteiger partial charge in [0.1, 0.15) is 43.6 Å². The average Bonchev–Trinajstić information content (AvgIpc) is 1.59. The molecular formula is C79H104Br2N18O. The number of nitrogens with zero attached hydrogens (tertiary/aromatic N) is 18. The van der Waals surface area contributed by atoms with Crippen LogP contribution in [0.25, 0.3) is 16.9 Å². The van der Waals surface area contributed by atoms with Crippen molar-refractivity contribution in [2.75, 3.05) is 114 Å². The summed E-state index contributed by atoms with van der Waals surface area (Å²) in [7, 11) is 4.55. The third kappa shape index (κ3) is 13.3. The Labute approximate surface area is 609 Å². The van der Waals surface area contributed by atoms with Crippen LogP contribution in [0, 0.1) is 20.8 Å². The first-order chi connectivity index (χ1) is 48.6. The van der Waals surface area contributed by atoms with Gasteiger partial charge in [-0.3, -0.25) is 52.7 Å². The summed E-state index contributed by atoms with van der Waals surface area (Å²) in [5.74, 6) is 3.60. The lowest BCUT2D eigenvalue weighted by Crippen LogP contribution is -2.47. The standard InChI is InChI=1S/C79H104Br2N18O/c1-11-95-61(71-55(7)20-17-35-83-71)24-13-25-62(95)74-76(80)98-66(85-74)28-15-29-67(98)93-45-39-91(40-46-93)50-58-31-33-69(99-77(81)75(87-79(58)99)64-27-14-26-63(96(64)52(2)3)72-56(8)21-18-36-84-72)94-47-41-90(42-48-94)49-57-30-32-68(92-43-37-88(9)38-44-92)97-65(51-100-53(4)5)73(86-78(57)97)60-23-12-22-59(89(60)10)70-54(6)19-16-34-82-70/h15-21,28-36,52-53,59-64H,11-14,22-27,37-51H2,1-10H3/t59-,60+,61-,62+,63-,64+/m0/s1. The molecule has 530 valence electrons. The summed E-state index contributed by atoms with van der Waals surface area (Å²) in [5.41, 5.74) is 17.5. The van der Waals surface area contributed by atoms with E-state index in [9.17, 15) is 0 Å². The number of aryl methyl sites for hydroxylation is 3. The van der Waals surface area contributed by atoms with Crippen LogP contribution in [0.2, 0.25) is 0 Å². The highest BCUT2D eigenvalue weighted by molar-refractivity contribution is 9.10. The molecule has 0 N–H and O–H groups in total. The van der Waals surface area contributed by atoms with Crippen LogP contribution in [0.15, 0.2) is 107 Å². The highest BCUT2D eigenvalue weighted by atomic mass is 79.9. The minimum Gasteiger partial charge on any atom is -0.372 e. The SMILES string of the molecule is CCN1[C@@H](c2nc3cccc(N4CCN(Cc5ccc(N6CCN(Cc7ccc(N8CCN(C)CC8)n8c(COC(C)C)c([C@H]9CCC[C@@H](c%10ncccc%10C)N9C)nc78)CC6)n6c(Br)c([C@H]7CCC[C@@H](c8ncccc8C)N7C(C)C)nc56)CC4)n3c2Br)CCC[C@H]1c1ncccc1C.